The lowest BCUT2D eigenvalue weighted by Crippen LogP contribution is -2.43. The van der Waals surface area contributed by atoms with Gasteiger partial charge in [0.1, 0.15) is 5.37 Å². The standard InChI is InChI=1S/C18H14ClN3O2S3/c19-12-7-5-11(6-8-12)17-22(15(23)10-25-17)20-9-16(24)27-18-21-13-3-1-2-4-14(13)26-18/h1-8,17,20H,9-10H2. The van der Waals surface area contributed by atoms with Gasteiger partial charge in [0.05, 0.1) is 22.5 Å². The predicted molar refractivity (Wildman–Crippen MR) is 112 cm³/mol. The van der Waals surface area contributed by atoms with Crippen LogP contribution < -0.4 is 5.43 Å². The van der Waals surface area contributed by atoms with Crippen LogP contribution in [-0.4, -0.2) is 33.3 Å². The van der Waals surface area contributed by atoms with Crippen molar-refractivity contribution in [2.75, 3.05) is 12.3 Å². The van der Waals surface area contributed by atoms with Gasteiger partial charge < -0.3 is 0 Å². The summed E-state index contributed by atoms with van der Waals surface area (Å²) in [5.74, 6) is 0.331. The zero-order valence-corrected chi connectivity index (χ0v) is 17.1. The highest BCUT2D eigenvalue weighted by molar-refractivity contribution is 8.15. The molecule has 1 aliphatic rings. The van der Waals surface area contributed by atoms with E-state index in [0.29, 0.717) is 15.1 Å². The highest BCUT2D eigenvalue weighted by Gasteiger charge is 2.33. The zero-order chi connectivity index (χ0) is 18.8. The number of halogens is 1. The quantitative estimate of drug-likeness (QED) is 0.601. The molecule has 1 atom stereocenters. The number of carbonyl (C=O) groups is 2. The molecule has 1 amide bonds. The first-order chi connectivity index (χ1) is 13.1. The molecule has 0 bridgehead atoms. The molecule has 1 unspecified atom stereocenters. The Morgan fingerprint density at radius 2 is 2.04 bits per heavy atom. The monoisotopic (exact) mass is 435 g/mol. The molecule has 0 saturated carbocycles. The minimum absolute atomic E-state index is 0.0438. The number of nitrogens with one attached hydrogen (secondary N) is 1. The molecule has 0 aliphatic carbocycles. The van der Waals surface area contributed by atoms with Gasteiger partial charge >= 0.3 is 0 Å². The van der Waals surface area contributed by atoms with Crippen LogP contribution in [0.15, 0.2) is 52.9 Å². The van der Waals surface area contributed by atoms with Crippen LogP contribution in [0.3, 0.4) is 0 Å². The third-order valence-electron chi connectivity index (χ3n) is 3.89. The third kappa shape index (κ3) is 4.30. The van der Waals surface area contributed by atoms with Crippen LogP contribution in [-0.2, 0) is 9.59 Å². The molecule has 3 aromatic rings. The number of para-hydroxylation sites is 1. The second kappa shape index (κ2) is 8.20. The summed E-state index contributed by atoms with van der Waals surface area (Å²) in [6, 6.07) is 15.2. The summed E-state index contributed by atoms with van der Waals surface area (Å²) in [6.45, 7) is 0.0526. The van der Waals surface area contributed by atoms with E-state index >= 15 is 0 Å². The SMILES string of the molecule is O=C(CNN1C(=O)CSC1c1ccc(Cl)cc1)Sc1nc2ccccc2s1. The van der Waals surface area contributed by atoms with Crippen molar-refractivity contribution in [3.05, 3.63) is 59.1 Å². The van der Waals surface area contributed by atoms with Gasteiger partial charge in [0.25, 0.3) is 0 Å². The topological polar surface area (TPSA) is 62.3 Å². The van der Waals surface area contributed by atoms with Gasteiger partial charge in [0, 0.05) is 5.02 Å². The number of fused-ring (bicyclic) bond motifs is 1. The lowest BCUT2D eigenvalue weighted by atomic mass is 10.2. The van der Waals surface area contributed by atoms with E-state index in [-0.39, 0.29) is 22.9 Å². The number of hydrazine groups is 1. The molecule has 9 heteroatoms. The predicted octanol–water partition coefficient (Wildman–Crippen LogP) is 4.35. The van der Waals surface area contributed by atoms with E-state index in [2.05, 4.69) is 10.4 Å². The van der Waals surface area contributed by atoms with Crippen LogP contribution in [0.1, 0.15) is 10.9 Å². The Bertz CT molecular complexity index is 960. The maximum atomic E-state index is 12.3. The average Bonchev–Trinajstić information content (AvgIpc) is 3.23. The van der Waals surface area contributed by atoms with Crippen molar-refractivity contribution in [3.63, 3.8) is 0 Å². The number of hydrogen-bond acceptors (Lipinski definition) is 7. The van der Waals surface area contributed by atoms with Crippen molar-refractivity contribution in [3.8, 4) is 0 Å². The summed E-state index contributed by atoms with van der Waals surface area (Å²) in [5.41, 5.74) is 4.84. The number of benzene rings is 2. The number of amides is 1. The van der Waals surface area contributed by atoms with Crippen LogP contribution in [0.4, 0.5) is 0 Å². The highest BCUT2D eigenvalue weighted by atomic mass is 35.5. The molecular formula is C18H14ClN3O2S3. The van der Waals surface area contributed by atoms with Crippen molar-refractivity contribution in [1.82, 2.24) is 15.4 Å². The molecule has 1 N–H and O–H groups in total. The molecule has 2 heterocycles. The molecule has 0 spiro atoms. The normalized spacial score (nSPS) is 17.0. The molecule has 1 fully saturated rings. The minimum atomic E-state index is -0.171. The number of hydrogen-bond donors (Lipinski definition) is 1. The molecule has 2 aromatic carbocycles. The summed E-state index contributed by atoms with van der Waals surface area (Å²) in [7, 11) is 0. The average molecular weight is 436 g/mol. The first-order valence-electron chi connectivity index (χ1n) is 8.09. The van der Waals surface area contributed by atoms with E-state index < -0.39 is 0 Å². The van der Waals surface area contributed by atoms with E-state index in [1.54, 1.807) is 12.1 Å². The fourth-order valence-electron chi connectivity index (χ4n) is 2.65. The lowest BCUT2D eigenvalue weighted by molar-refractivity contribution is -0.131. The fraction of sp³-hybridized carbons (Fsp3) is 0.167. The molecule has 1 aromatic heterocycles. The van der Waals surface area contributed by atoms with Gasteiger partial charge in [-0.15, -0.1) is 23.1 Å². The van der Waals surface area contributed by atoms with Crippen molar-refractivity contribution >= 4 is 67.7 Å². The molecule has 1 saturated heterocycles. The van der Waals surface area contributed by atoms with Crippen molar-refractivity contribution in [2.45, 2.75) is 9.71 Å². The van der Waals surface area contributed by atoms with Gasteiger partial charge in [-0.05, 0) is 41.6 Å². The molecule has 138 valence electrons. The highest BCUT2D eigenvalue weighted by Crippen LogP contribution is 2.37. The van der Waals surface area contributed by atoms with Gasteiger partial charge in [0.2, 0.25) is 11.0 Å². The molecule has 0 radical (unpaired) electrons. The molecule has 4 rings (SSSR count). The van der Waals surface area contributed by atoms with Crippen molar-refractivity contribution in [2.24, 2.45) is 0 Å². The van der Waals surface area contributed by atoms with Gasteiger partial charge in [0.15, 0.2) is 4.34 Å². The third-order valence-corrected chi connectivity index (χ3v) is 7.33. The number of carbonyl (C=O) groups excluding carboxylic acids is 2. The Morgan fingerprint density at radius 1 is 1.26 bits per heavy atom. The van der Waals surface area contributed by atoms with Crippen molar-refractivity contribution in [1.29, 1.82) is 0 Å². The van der Waals surface area contributed by atoms with E-state index in [1.165, 1.54) is 28.1 Å². The Hall–Kier alpha value is -1.58. The molecule has 5 nitrogen and oxygen atoms in total. The largest absolute Gasteiger partial charge is 0.285 e. The van der Waals surface area contributed by atoms with E-state index in [4.69, 9.17) is 11.6 Å². The Morgan fingerprint density at radius 3 is 2.81 bits per heavy atom. The number of aromatic nitrogens is 1. The van der Waals surface area contributed by atoms with Crippen LogP contribution in [0.25, 0.3) is 10.2 Å². The summed E-state index contributed by atoms with van der Waals surface area (Å²) >= 11 is 10.0. The molecular weight excluding hydrogens is 422 g/mol. The van der Waals surface area contributed by atoms with Gasteiger partial charge in [-0.3, -0.25) is 14.6 Å². The summed E-state index contributed by atoms with van der Waals surface area (Å²) in [4.78, 5) is 29.0. The first kappa shape index (κ1) is 18.8. The number of nitrogens with zero attached hydrogens (tertiary/aromatic N) is 2. The van der Waals surface area contributed by atoms with Gasteiger partial charge in [-0.25, -0.2) is 10.4 Å². The maximum absolute atomic E-state index is 12.3. The molecule has 27 heavy (non-hydrogen) atoms. The summed E-state index contributed by atoms with van der Waals surface area (Å²) in [5, 5.41) is 1.92. The van der Waals surface area contributed by atoms with Crippen molar-refractivity contribution < 1.29 is 9.59 Å². The van der Waals surface area contributed by atoms with Crippen LogP contribution in [0, 0.1) is 0 Å². The fourth-order valence-corrected chi connectivity index (χ4v) is 5.79. The van der Waals surface area contributed by atoms with Crippen LogP contribution in [0.2, 0.25) is 5.02 Å². The maximum Gasteiger partial charge on any atom is 0.248 e. The first-order valence-corrected chi connectivity index (χ1v) is 11.1. The van der Waals surface area contributed by atoms with E-state index in [1.807, 2.05) is 36.4 Å². The Kier molecular flexibility index (Phi) is 5.70. The second-order valence-corrected chi connectivity index (χ2v) is 9.58. The minimum Gasteiger partial charge on any atom is -0.285 e. The van der Waals surface area contributed by atoms with Gasteiger partial charge in [-0.1, -0.05) is 35.9 Å². The number of thioether (sulfide) groups is 2. The lowest BCUT2D eigenvalue weighted by Gasteiger charge is -2.24. The summed E-state index contributed by atoms with van der Waals surface area (Å²) < 4.78 is 1.76. The molecule has 1 aliphatic heterocycles. The smallest absolute Gasteiger partial charge is 0.248 e. The van der Waals surface area contributed by atoms with E-state index in [9.17, 15) is 9.59 Å². The zero-order valence-electron chi connectivity index (χ0n) is 13.9. The Balaban J connectivity index is 1.39. The van der Waals surface area contributed by atoms with E-state index in [0.717, 1.165) is 27.5 Å². The summed E-state index contributed by atoms with van der Waals surface area (Å²) in [6.07, 6.45) is 0. The van der Waals surface area contributed by atoms with Gasteiger partial charge in [-0.2, -0.15) is 0 Å². The number of thiazole rings is 1. The number of rotatable bonds is 5. The van der Waals surface area contributed by atoms with Crippen LogP contribution >= 0.6 is 46.5 Å². The Labute approximate surface area is 173 Å². The second-order valence-electron chi connectivity index (χ2n) is 5.74. The van der Waals surface area contributed by atoms with Crippen LogP contribution in [0.5, 0.6) is 0 Å².